The Hall–Kier alpha value is -3.86. The molecule has 8 heteroatoms. The number of rotatable bonds is 6. The van der Waals surface area contributed by atoms with Gasteiger partial charge in [0, 0.05) is 6.92 Å². The number of carbonyl (C=O) groups is 3. The Kier molecular flexibility index (Phi) is 7.11. The lowest BCUT2D eigenvalue weighted by atomic mass is 10.0. The van der Waals surface area contributed by atoms with Gasteiger partial charge in [-0.1, -0.05) is 24.3 Å². The molecular formula is C20H20N4O4. The number of carbonyl (C=O) groups excluding carboxylic acids is 3. The zero-order chi connectivity index (χ0) is 20.5. The van der Waals surface area contributed by atoms with Crippen molar-refractivity contribution in [3.8, 4) is 22.9 Å². The quantitative estimate of drug-likeness (QED) is 0.652. The zero-order valence-corrected chi connectivity index (χ0v) is 15.5. The van der Waals surface area contributed by atoms with Crippen LogP contribution in [0.1, 0.15) is 19.4 Å². The Balaban J connectivity index is 1.81. The monoisotopic (exact) mass is 380 g/mol. The molecule has 0 aromatic heterocycles. The minimum Gasteiger partial charge on any atom is -0.484 e. The first-order chi connectivity index (χ1) is 13.4. The first-order valence-corrected chi connectivity index (χ1v) is 8.48. The average Bonchev–Trinajstić information content (AvgIpc) is 2.70. The molecule has 0 heterocycles. The largest absolute Gasteiger partial charge is 0.484 e. The van der Waals surface area contributed by atoms with Crippen molar-refractivity contribution in [2.45, 2.75) is 19.9 Å². The van der Waals surface area contributed by atoms with Gasteiger partial charge in [-0.15, -0.1) is 0 Å². The molecule has 3 amide bonds. The van der Waals surface area contributed by atoms with Gasteiger partial charge in [-0.2, -0.15) is 5.26 Å². The third kappa shape index (κ3) is 6.14. The average molecular weight is 380 g/mol. The SMILES string of the molecule is CC(=O)NC(C)C(=O)NNC(=O)COc1ccc(-c2ccc(C#N)cc2)cc1. The number of hydrogen-bond donors (Lipinski definition) is 3. The summed E-state index contributed by atoms with van der Waals surface area (Å²) in [5.74, 6) is -0.942. The molecule has 8 nitrogen and oxygen atoms in total. The lowest BCUT2D eigenvalue weighted by Crippen LogP contribution is -2.51. The number of benzene rings is 2. The van der Waals surface area contributed by atoms with Crippen LogP contribution < -0.4 is 20.9 Å². The Morgan fingerprint density at radius 2 is 1.57 bits per heavy atom. The predicted octanol–water partition coefficient (Wildman–Crippen LogP) is 1.28. The van der Waals surface area contributed by atoms with Gasteiger partial charge in [-0.25, -0.2) is 0 Å². The Morgan fingerprint density at radius 1 is 1.00 bits per heavy atom. The van der Waals surface area contributed by atoms with E-state index in [0.29, 0.717) is 11.3 Å². The van der Waals surface area contributed by atoms with Crippen LogP contribution in [0, 0.1) is 11.3 Å². The van der Waals surface area contributed by atoms with E-state index in [9.17, 15) is 14.4 Å². The van der Waals surface area contributed by atoms with Gasteiger partial charge in [0.05, 0.1) is 11.6 Å². The molecule has 0 bridgehead atoms. The molecule has 2 rings (SSSR count). The maximum absolute atomic E-state index is 11.7. The Bertz CT molecular complexity index is 886. The van der Waals surface area contributed by atoms with Crippen molar-refractivity contribution in [2.75, 3.05) is 6.61 Å². The molecule has 0 saturated carbocycles. The van der Waals surface area contributed by atoms with Crippen LogP contribution in [0.3, 0.4) is 0 Å². The molecular weight excluding hydrogens is 360 g/mol. The highest BCUT2D eigenvalue weighted by Crippen LogP contribution is 2.22. The highest BCUT2D eigenvalue weighted by atomic mass is 16.5. The van der Waals surface area contributed by atoms with Gasteiger partial charge in [0.15, 0.2) is 6.61 Å². The smallest absolute Gasteiger partial charge is 0.276 e. The molecule has 144 valence electrons. The second kappa shape index (κ2) is 9.73. The lowest BCUT2D eigenvalue weighted by molar-refractivity contribution is -0.132. The van der Waals surface area contributed by atoms with Crippen LogP contribution >= 0.6 is 0 Å². The van der Waals surface area contributed by atoms with Gasteiger partial charge in [-0.3, -0.25) is 25.2 Å². The lowest BCUT2D eigenvalue weighted by Gasteiger charge is -2.13. The summed E-state index contributed by atoms with van der Waals surface area (Å²) >= 11 is 0. The number of amides is 3. The standard InChI is InChI=1S/C20H20N4O4/c1-13(22-14(2)25)20(27)24-23-19(26)12-28-18-9-7-17(8-10-18)16-5-3-15(11-21)4-6-16/h3-10,13H,12H2,1-2H3,(H,22,25)(H,23,26)(H,24,27). The van der Waals surface area contributed by atoms with Gasteiger partial charge in [0.2, 0.25) is 5.91 Å². The molecule has 1 atom stereocenters. The molecule has 3 N–H and O–H groups in total. The number of ether oxygens (including phenoxy) is 1. The van der Waals surface area contributed by atoms with E-state index in [1.165, 1.54) is 13.8 Å². The molecule has 0 fully saturated rings. The molecule has 0 spiro atoms. The van der Waals surface area contributed by atoms with Crippen molar-refractivity contribution in [3.63, 3.8) is 0 Å². The first-order valence-electron chi connectivity index (χ1n) is 8.48. The molecule has 2 aromatic carbocycles. The minimum atomic E-state index is -0.770. The molecule has 1 unspecified atom stereocenters. The predicted molar refractivity (Wildman–Crippen MR) is 102 cm³/mol. The van der Waals surface area contributed by atoms with Crippen molar-refractivity contribution >= 4 is 17.7 Å². The van der Waals surface area contributed by atoms with Crippen LogP contribution in [0.2, 0.25) is 0 Å². The van der Waals surface area contributed by atoms with Crippen molar-refractivity contribution in [2.24, 2.45) is 0 Å². The maximum Gasteiger partial charge on any atom is 0.276 e. The van der Waals surface area contributed by atoms with Crippen LogP contribution in [-0.4, -0.2) is 30.4 Å². The second-order valence-corrected chi connectivity index (χ2v) is 5.96. The molecule has 2 aromatic rings. The fourth-order valence-corrected chi connectivity index (χ4v) is 2.28. The van der Waals surface area contributed by atoms with Gasteiger partial charge >= 0.3 is 0 Å². The molecule has 0 aliphatic heterocycles. The second-order valence-electron chi connectivity index (χ2n) is 5.96. The third-order valence-corrected chi connectivity index (χ3v) is 3.71. The van der Waals surface area contributed by atoms with E-state index in [4.69, 9.17) is 10.00 Å². The minimum absolute atomic E-state index is 0.287. The molecule has 0 radical (unpaired) electrons. The van der Waals surface area contributed by atoms with E-state index in [-0.39, 0.29) is 12.5 Å². The summed E-state index contributed by atoms with van der Waals surface area (Å²) in [6, 6.07) is 15.6. The highest BCUT2D eigenvalue weighted by Gasteiger charge is 2.14. The normalized spacial score (nSPS) is 10.9. The van der Waals surface area contributed by atoms with Crippen LogP contribution in [-0.2, 0) is 14.4 Å². The summed E-state index contributed by atoms with van der Waals surface area (Å²) in [4.78, 5) is 34.3. The fraction of sp³-hybridized carbons (Fsp3) is 0.200. The van der Waals surface area contributed by atoms with Crippen LogP contribution in [0.25, 0.3) is 11.1 Å². The third-order valence-electron chi connectivity index (χ3n) is 3.71. The molecule has 0 saturated heterocycles. The summed E-state index contributed by atoms with van der Waals surface area (Å²) in [6.07, 6.45) is 0. The highest BCUT2D eigenvalue weighted by molar-refractivity contribution is 5.88. The van der Waals surface area contributed by atoms with Gasteiger partial charge in [0.25, 0.3) is 11.8 Å². The Labute approximate surface area is 162 Å². The molecule has 0 aliphatic rings. The van der Waals surface area contributed by atoms with E-state index in [0.717, 1.165) is 11.1 Å². The van der Waals surface area contributed by atoms with Crippen molar-refractivity contribution in [1.29, 1.82) is 5.26 Å². The van der Waals surface area contributed by atoms with Crippen molar-refractivity contribution in [3.05, 3.63) is 54.1 Å². The summed E-state index contributed by atoms with van der Waals surface area (Å²) in [5.41, 5.74) is 6.92. The van der Waals surface area contributed by atoms with Gasteiger partial charge in [-0.05, 0) is 42.3 Å². The number of nitrogens with one attached hydrogen (secondary N) is 3. The topological polar surface area (TPSA) is 120 Å². The van der Waals surface area contributed by atoms with E-state index in [2.05, 4.69) is 22.2 Å². The van der Waals surface area contributed by atoms with Crippen molar-refractivity contribution < 1.29 is 19.1 Å². The van der Waals surface area contributed by atoms with Crippen LogP contribution in [0.5, 0.6) is 5.75 Å². The van der Waals surface area contributed by atoms with E-state index >= 15 is 0 Å². The van der Waals surface area contributed by atoms with Crippen molar-refractivity contribution in [1.82, 2.24) is 16.2 Å². The van der Waals surface area contributed by atoms with Gasteiger partial charge in [0.1, 0.15) is 11.8 Å². The number of hydrogen-bond acceptors (Lipinski definition) is 5. The first kappa shape index (κ1) is 20.5. The summed E-state index contributed by atoms with van der Waals surface area (Å²) < 4.78 is 5.38. The summed E-state index contributed by atoms with van der Waals surface area (Å²) in [7, 11) is 0. The summed E-state index contributed by atoms with van der Waals surface area (Å²) in [5, 5.41) is 11.2. The van der Waals surface area contributed by atoms with E-state index < -0.39 is 17.9 Å². The number of nitriles is 1. The number of nitrogens with zero attached hydrogens (tertiary/aromatic N) is 1. The van der Waals surface area contributed by atoms with E-state index in [1.54, 1.807) is 24.3 Å². The van der Waals surface area contributed by atoms with Crippen LogP contribution in [0.15, 0.2) is 48.5 Å². The zero-order valence-electron chi connectivity index (χ0n) is 15.5. The summed E-state index contributed by atoms with van der Waals surface area (Å²) in [6.45, 7) is 2.50. The Morgan fingerprint density at radius 3 is 2.11 bits per heavy atom. The number of hydrazine groups is 1. The molecule has 0 aliphatic carbocycles. The van der Waals surface area contributed by atoms with Crippen LogP contribution in [0.4, 0.5) is 0 Å². The van der Waals surface area contributed by atoms with E-state index in [1.807, 2.05) is 24.3 Å². The maximum atomic E-state index is 11.7. The van der Waals surface area contributed by atoms with Gasteiger partial charge < -0.3 is 10.1 Å². The fourth-order valence-electron chi connectivity index (χ4n) is 2.28. The molecule has 28 heavy (non-hydrogen) atoms.